The third-order valence-electron chi connectivity index (χ3n) is 4.57. The lowest BCUT2D eigenvalue weighted by molar-refractivity contribution is 0.102. The van der Waals surface area contributed by atoms with Gasteiger partial charge in [0.25, 0.3) is 5.91 Å². The number of pyridine rings is 1. The van der Waals surface area contributed by atoms with Gasteiger partial charge in [0.1, 0.15) is 17.3 Å². The number of nitrogens with zero attached hydrogens (tertiary/aromatic N) is 3. The molecule has 6 nitrogen and oxygen atoms in total. The number of ether oxygens (including phenoxy) is 1. The van der Waals surface area contributed by atoms with Gasteiger partial charge in [0, 0.05) is 28.8 Å². The number of carbonyl (C=O) groups is 1. The van der Waals surface area contributed by atoms with Crippen LogP contribution in [0.5, 0.6) is 11.5 Å². The number of rotatable bonds is 5. The van der Waals surface area contributed by atoms with Crippen LogP contribution in [-0.2, 0) is 7.05 Å². The van der Waals surface area contributed by atoms with Crippen LogP contribution < -0.4 is 10.1 Å². The molecule has 150 valence electrons. The van der Waals surface area contributed by atoms with Gasteiger partial charge in [-0.15, -0.1) is 0 Å². The van der Waals surface area contributed by atoms with Gasteiger partial charge in [0.2, 0.25) is 0 Å². The van der Waals surface area contributed by atoms with E-state index in [4.69, 9.17) is 4.74 Å². The van der Waals surface area contributed by atoms with Crippen molar-refractivity contribution in [2.45, 2.75) is 6.92 Å². The molecule has 4 aromatic rings. The van der Waals surface area contributed by atoms with Crippen molar-refractivity contribution in [3.63, 3.8) is 0 Å². The molecule has 0 aliphatic rings. The van der Waals surface area contributed by atoms with E-state index in [0.29, 0.717) is 22.9 Å². The summed E-state index contributed by atoms with van der Waals surface area (Å²) in [7, 11) is 1.82. The van der Waals surface area contributed by atoms with E-state index in [9.17, 15) is 4.79 Å². The summed E-state index contributed by atoms with van der Waals surface area (Å²) < 4.78 is 8.41. The molecule has 30 heavy (non-hydrogen) atoms. The van der Waals surface area contributed by atoms with Gasteiger partial charge >= 0.3 is 0 Å². The van der Waals surface area contributed by atoms with Crippen molar-refractivity contribution in [3.8, 4) is 22.6 Å². The second-order valence-electron chi connectivity index (χ2n) is 6.71. The zero-order chi connectivity index (χ0) is 21.1. The Morgan fingerprint density at radius 2 is 1.77 bits per heavy atom. The molecule has 0 bridgehead atoms. The Bertz CT molecular complexity index is 1170. The van der Waals surface area contributed by atoms with Gasteiger partial charge in [0.15, 0.2) is 0 Å². The lowest BCUT2D eigenvalue weighted by Gasteiger charge is -2.10. The Morgan fingerprint density at radius 1 is 1.03 bits per heavy atom. The summed E-state index contributed by atoms with van der Waals surface area (Å²) >= 11 is 3.45. The molecule has 1 N–H and O–H groups in total. The molecule has 2 aromatic carbocycles. The number of hydrogen-bond acceptors (Lipinski definition) is 4. The summed E-state index contributed by atoms with van der Waals surface area (Å²) in [5.74, 6) is 1.70. The standard InChI is InChI=1S/C23H19BrN4O2/c1-15-21(16-5-9-18(24)10-6-16)22(28(2)27-15)26-23(29)17-7-11-19(12-8-17)30-20-4-3-13-25-14-20/h3-14H,1-2H3,(H,26,29). The van der Waals surface area contributed by atoms with E-state index in [-0.39, 0.29) is 5.91 Å². The molecule has 1 amide bonds. The normalized spacial score (nSPS) is 10.6. The second-order valence-corrected chi connectivity index (χ2v) is 7.62. The molecule has 0 aliphatic carbocycles. The molecule has 7 heteroatoms. The first-order valence-electron chi connectivity index (χ1n) is 9.30. The fourth-order valence-electron chi connectivity index (χ4n) is 3.16. The van der Waals surface area contributed by atoms with Crippen LogP contribution in [0.1, 0.15) is 16.1 Å². The topological polar surface area (TPSA) is 69.0 Å². The van der Waals surface area contributed by atoms with Gasteiger partial charge in [-0.05, 0) is 61.0 Å². The minimum atomic E-state index is -0.218. The van der Waals surface area contributed by atoms with E-state index in [1.165, 1.54) is 0 Å². The van der Waals surface area contributed by atoms with Gasteiger partial charge in [-0.3, -0.25) is 14.5 Å². The van der Waals surface area contributed by atoms with Gasteiger partial charge in [0.05, 0.1) is 11.9 Å². The molecule has 0 aliphatic heterocycles. The van der Waals surface area contributed by atoms with Gasteiger partial charge in [-0.25, -0.2) is 0 Å². The number of amides is 1. The van der Waals surface area contributed by atoms with Crippen LogP contribution in [0.4, 0.5) is 5.82 Å². The predicted molar refractivity (Wildman–Crippen MR) is 120 cm³/mol. The van der Waals surface area contributed by atoms with Crippen LogP contribution in [0, 0.1) is 6.92 Å². The maximum atomic E-state index is 12.9. The molecule has 0 unspecified atom stereocenters. The molecule has 0 saturated heterocycles. The number of hydrogen-bond donors (Lipinski definition) is 1. The number of aromatic nitrogens is 3. The highest BCUT2D eigenvalue weighted by Gasteiger charge is 2.18. The largest absolute Gasteiger partial charge is 0.456 e. The van der Waals surface area contributed by atoms with E-state index in [1.807, 2.05) is 44.3 Å². The molecular formula is C23H19BrN4O2. The van der Waals surface area contributed by atoms with E-state index < -0.39 is 0 Å². The highest BCUT2D eigenvalue weighted by Crippen LogP contribution is 2.32. The molecule has 0 atom stereocenters. The number of benzene rings is 2. The Balaban J connectivity index is 1.55. The highest BCUT2D eigenvalue weighted by molar-refractivity contribution is 9.10. The van der Waals surface area contributed by atoms with Crippen LogP contribution in [0.2, 0.25) is 0 Å². The monoisotopic (exact) mass is 462 g/mol. The number of carbonyl (C=O) groups excluding carboxylic acids is 1. The van der Waals surface area contributed by atoms with Crippen molar-refractivity contribution in [1.82, 2.24) is 14.8 Å². The van der Waals surface area contributed by atoms with Crippen molar-refractivity contribution >= 4 is 27.7 Å². The van der Waals surface area contributed by atoms with Crippen LogP contribution in [0.3, 0.4) is 0 Å². The maximum Gasteiger partial charge on any atom is 0.256 e. The Labute approximate surface area is 182 Å². The van der Waals surface area contributed by atoms with Crippen LogP contribution in [0.25, 0.3) is 11.1 Å². The lowest BCUT2D eigenvalue weighted by Crippen LogP contribution is -2.15. The average Bonchev–Trinajstić information content (AvgIpc) is 3.03. The zero-order valence-corrected chi connectivity index (χ0v) is 18.1. The first-order valence-corrected chi connectivity index (χ1v) is 10.1. The van der Waals surface area contributed by atoms with Crippen molar-refractivity contribution < 1.29 is 9.53 Å². The fourth-order valence-corrected chi connectivity index (χ4v) is 3.43. The molecule has 0 saturated carbocycles. The van der Waals surface area contributed by atoms with Crippen LogP contribution in [0.15, 0.2) is 77.5 Å². The van der Waals surface area contributed by atoms with Crippen LogP contribution in [-0.4, -0.2) is 20.7 Å². The molecule has 2 heterocycles. The summed E-state index contributed by atoms with van der Waals surface area (Å²) in [6.45, 7) is 1.93. The molecular weight excluding hydrogens is 444 g/mol. The second kappa shape index (κ2) is 8.51. The smallest absolute Gasteiger partial charge is 0.256 e. The Kier molecular flexibility index (Phi) is 5.63. The van der Waals surface area contributed by atoms with Gasteiger partial charge in [-0.2, -0.15) is 5.10 Å². The predicted octanol–water partition coefficient (Wildman–Crippen LogP) is 5.60. The lowest BCUT2D eigenvalue weighted by atomic mass is 10.1. The summed E-state index contributed by atoms with van der Waals surface area (Å²) in [5, 5.41) is 7.48. The van der Waals surface area contributed by atoms with E-state index in [2.05, 4.69) is 31.3 Å². The maximum absolute atomic E-state index is 12.9. The van der Waals surface area contributed by atoms with Crippen molar-refractivity contribution in [1.29, 1.82) is 0 Å². The molecule has 0 spiro atoms. The minimum absolute atomic E-state index is 0.218. The summed E-state index contributed by atoms with van der Waals surface area (Å²) in [6, 6.07) is 18.5. The van der Waals surface area contributed by atoms with Crippen molar-refractivity contribution in [2.75, 3.05) is 5.32 Å². The fraction of sp³-hybridized carbons (Fsp3) is 0.0870. The van der Waals surface area contributed by atoms with Gasteiger partial charge < -0.3 is 10.1 Å². The van der Waals surface area contributed by atoms with Crippen molar-refractivity contribution in [3.05, 3.63) is 88.8 Å². The third-order valence-corrected chi connectivity index (χ3v) is 5.10. The van der Waals surface area contributed by atoms with Crippen molar-refractivity contribution in [2.24, 2.45) is 7.05 Å². The number of anilines is 1. The minimum Gasteiger partial charge on any atom is -0.456 e. The van der Waals surface area contributed by atoms with Crippen LogP contribution >= 0.6 is 15.9 Å². The van der Waals surface area contributed by atoms with Gasteiger partial charge in [-0.1, -0.05) is 28.1 Å². The van der Waals surface area contributed by atoms with E-state index in [0.717, 1.165) is 21.3 Å². The third kappa shape index (κ3) is 4.26. The number of aryl methyl sites for hydroxylation is 2. The Morgan fingerprint density at radius 3 is 2.43 bits per heavy atom. The SMILES string of the molecule is Cc1nn(C)c(NC(=O)c2ccc(Oc3cccnc3)cc2)c1-c1ccc(Br)cc1. The quantitative estimate of drug-likeness (QED) is 0.419. The molecule has 0 radical (unpaired) electrons. The summed E-state index contributed by atoms with van der Waals surface area (Å²) in [5.41, 5.74) is 3.25. The molecule has 2 aromatic heterocycles. The molecule has 4 rings (SSSR count). The average molecular weight is 463 g/mol. The molecule has 0 fully saturated rings. The first-order chi connectivity index (χ1) is 14.5. The summed E-state index contributed by atoms with van der Waals surface area (Å²) in [4.78, 5) is 16.9. The summed E-state index contributed by atoms with van der Waals surface area (Å²) in [6.07, 6.45) is 3.32. The Hall–Kier alpha value is -3.45. The first kappa shape index (κ1) is 19.8. The number of nitrogens with one attached hydrogen (secondary N) is 1. The number of halogens is 1. The van der Waals surface area contributed by atoms with E-state index >= 15 is 0 Å². The zero-order valence-electron chi connectivity index (χ0n) is 16.5. The van der Waals surface area contributed by atoms with E-state index in [1.54, 1.807) is 47.4 Å². The highest BCUT2D eigenvalue weighted by atomic mass is 79.9.